The van der Waals surface area contributed by atoms with Gasteiger partial charge in [-0.1, -0.05) is 35.8 Å². The van der Waals surface area contributed by atoms with Crippen molar-refractivity contribution >= 4 is 5.91 Å². The van der Waals surface area contributed by atoms with Crippen LogP contribution in [0.1, 0.15) is 65.3 Å². The molecule has 1 fully saturated rings. The third kappa shape index (κ3) is 5.02. The number of rotatable bonds is 7. The van der Waals surface area contributed by atoms with Crippen LogP contribution in [0.25, 0.3) is 11.3 Å². The first-order valence-corrected chi connectivity index (χ1v) is 12.5. The molecule has 1 amide bonds. The van der Waals surface area contributed by atoms with E-state index in [4.69, 9.17) is 9.26 Å². The van der Waals surface area contributed by atoms with Crippen LogP contribution >= 0.6 is 0 Å². The number of hydrogen-bond donors (Lipinski definition) is 1. The van der Waals surface area contributed by atoms with Crippen LogP contribution in [0.5, 0.6) is 5.75 Å². The van der Waals surface area contributed by atoms with Crippen molar-refractivity contribution in [3.8, 4) is 17.1 Å². The zero-order valence-electron chi connectivity index (χ0n) is 19.9. The normalized spacial score (nSPS) is 17.1. The molecule has 2 aromatic carbocycles. The van der Waals surface area contributed by atoms with Gasteiger partial charge in [-0.25, -0.2) is 0 Å². The van der Waals surface area contributed by atoms with Gasteiger partial charge in [0.1, 0.15) is 5.75 Å². The van der Waals surface area contributed by atoms with Gasteiger partial charge in [-0.2, -0.15) is 0 Å². The van der Waals surface area contributed by atoms with E-state index in [0.717, 1.165) is 37.2 Å². The number of likely N-dealkylation sites (tertiary alicyclic amines) is 1. The minimum atomic E-state index is -0.205. The standard InChI is InChI=1S/C28H33N3O3/c1-33-24-13-11-21(12-14-24)26(31-15-5-2-6-16-31)19-29-28(32)25-18-27(34-30-25)23-10-9-20-7-3-4-8-22(20)17-23/h9-14,17-18,26H,2-8,15-16,19H2,1H3,(H,29,32)/t26-/m1/s1. The highest BCUT2D eigenvalue weighted by Crippen LogP contribution is 2.29. The predicted molar refractivity (Wildman–Crippen MR) is 132 cm³/mol. The Kier molecular flexibility index (Phi) is 6.95. The fourth-order valence-corrected chi connectivity index (χ4v) is 5.20. The lowest BCUT2D eigenvalue weighted by atomic mass is 9.90. The van der Waals surface area contributed by atoms with E-state index in [1.54, 1.807) is 13.2 Å². The molecule has 3 aromatic rings. The highest BCUT2D eigenvalue weighted by atomic mass is 16.5. The molecule has 178 valence electrons. The smallest absolute Gasteiger partial charge is 0.273 e. The maximum atomic E-state index is 13.0. The monoisotopic (exact) mass is 459 g/mol. The Bertz CT molecular complexity index is 1120. The number of fused-ring (bicyclic) bond motifs is 1. The highest BCUT2D eigenvalue weighted by molar-refractivity contribution is 5.93. The van der Waals surface area contributed by atoms with E-state index in [1.165, 1.54) is 48.8 Å². The third-order valence-electron chi connectivity index (χ3n) is 7.16. The number of carbonyl (C=O) groups excluding carboxylic acids is 1. The first-order valence-electron chi connectivity index (χ1n) is 12.5. The molecule has 0 radical (unpaired) electrons. The number of aromatic nitrogens is 1. The molecule has 0 bridgehead atoms. The lowest BCUT2D eigenvalue weighted by molar-refractivity contribution is 0.0915. The van der Waals surface area contributed by atoms with Crippen LogP contribution in [-0.2, 0) is 12.8 Å². The molecular formula is C28H33N3O3. The quantitative estimate of drug-likeness (QED) is 0.527. The van der Waals surface area contributed by atoms with Crippen LogP contribution in [-0.4, -0.2) is 42.7 Å². The van der Waals surface area contributed by atoms with Gasteiger partial charge in [0.2, 0.25) is 0 Å². The van der Waals surface area contributed by atoms with Crippen molar-refractivity contribution in [3.05, 3.63) is 70.9 Å². The van der Waals surface area contributed by atoms with Gasteiger partial charge in [0.25, 0.3) is 5.91 Å². The van der Waals surface area contributed by atoms with Crippen molar-refractivity contribution in [2.75, 3.05) is 26.7 Å². The second-order valence-electron chi connectivity index (χ2n) is 9.36. The van der Waals surface area contributed by atoms with Gasteiger partial charge in [0.05, 0.1) is 13.2 Å². The summed E-state index contributed by atoms with van der Waals surface area (Å²) in [5.41, 5.74) is 5.29. The molecule has 6 nitrogen and oxygen atoms in total. The predicted octanol–water partition coefficient (Wildman–Crippen LogP) is 5.19. The van der Waals surface area contributed by atoms with E-state index in [-0.39, 0.29) is 11.9 Å². The fourth-order valence-electron chi connectivity index (χ4n) is 5.20. The number of nitrogens with one attached hydrogen (secondary N) is 1. The Morgan fingerprint density at radius 2 is 1.76 bits per heavy atom. The van der Waals surface area contributed by atoms with E-state index >= 15 is 0 Å². The summed E-state index contributed by atoms with van der Waals surface area (Å²) in [5.74, 6) is 1.27. The molecule has 5 rings (SSSR count). The minimum Gasteiger partial charge on any atom is -0.497 e. The Labute approximate surface area is 201 Å². The molecule has 2 heterocycles. The molecule has 0 spiro atoms. The zero-order valence-corrected chi connectivity index (χ0v) is 19.9. The number of hydrogen-bond acceptors (Lipinski definition) is 5. The van der Waals surface area contributed by atoms with E-state index in [9.17, 15) is 4.79 Å². The van der Waals surface area contributed by atoms with Crippen molar-refractivity contribution in [3.63, 3.8) is 0 Å². The number of benzene rings is 2. The molecule has 6 heteroatoms. The zero-order chi connectivity index (χ0) is 23.3. The van der Waals surface area contributed by atoms with Gasteiger partial charge in [-0.05, 0) is 86.5 Å². The topological polar surface area (TPSA) is 67.6 Å². The van der Waals surface area contributed by atoms with Crippen molar-refractivity contribution in [1.82, 2.24) is 15.4 Å². The molecule has 1 atom stereocenters. The molecule has 1 aliphatic carbocycles. The number of ether oxygens (including phenoxy) is 1. The summed E-state index contributed by atoms with van der Waals surface area (Å²) < 4.78 is 10.9. The summed E-state index contributed by atoms with van der Waals surface area (Å²) in [6, 6.07) is 16.5. The Hall–Kier alpha value is -3.12. The summed E-state index contributed by atoms with van der Waals surface area (Å²) in [5, 5.41) is 7.18. The van der Waals surface area contributed by atoms with E-state index in [2.05, 4.69) is 45.7 Å². The second-order valence-corrected chi connectivity index (χ2v) is 9.36. The fraction of sp³-hybridized carbons (Fsp3) is 0.429. The minimum absolute atomic E-state index is 0.113. The van der Waals surface area contributed by atoms with Gasteiger partial charge < -0.3 is 14.6 Å². The number of nitrogens with zero attached hydrogens (tertiary/aromatic N) is 2. The van der Waals surface area contributed by atoms with Gasteiger partial charge >= 0.3 is 0 Å². The summed E-state index contributed by atoms with van der Waals surface area (Å²) in [6.07, 6.45) is 8.38. The van der Waals surface area contributed by atoms with Gasteiger partial charge in [0, 0.05) is 18.2 Å². The number of carbonyl (C=O) groups is 1. The molecular weight excluding hydrogens is 426 g/mol. The molecule has 1 aromatic heterocycles. The van der Waals surface area contributed by atoms with Crippen LogP contribution in [0.15, 0.2) is 53.1 Å². The first-order chi connectivity index (χ1) is 16.7. The molecule has 34 heavy (non-hydrogen) atoms. The Morgan fingerprint density at radius 3 is 2.53 bits per heavy atom. The van der Waals surface area contributed by atoms with Crippen molar-refractivity contribution in [1.29, 1.82) is 0 Å². The summed E-state index contributed by atoms with van der Waals surface area (Å²) in [6.45, 7) is 2.60. The van der Waals surface area contributed by atoms with Crippen LogP contribution in [0, 0.1) is 0 Å². The highest BCUT2D eigenvalue weighted by Gasteiger charge is 2.24. The van der Waals surface area contributed by atoms with Crippen LogP contribution in [0.3, 0.4) is 0 Å². The van der Waals surface area contributed by atoms with Crippen molar-refractivity contribution < 1.29 is 14.1 Å². The lowest BCUT2D eigenvalue weighted by Gasteiger charge is -2.35. The third-order valence-corrected chi connectivity index (χ3v) is 7.16. The maximum absolute atomic E-state index is 13.0. The van der Waals surface area contributed by atoms with Crippen LogP contribution < -0.4 is 10.1 Å². The summed E-state index contributed by atoms with van der Waals surface area (Å²) in [4.78, 5) is 15.4. The number of aryl methyl sites for hydroxylation is 2. The summed E-state index contributed by atoms with van der Waals surface area (Å²) >= 11 is 0. The largest absolute Gasteiger partial charge is 0.497 e. The molecule has 1 N–H and O–H groups in total. The lowest BCUT2D eigenvalue weighted by Crippen LogP contribution is -2.40. The van der Waals surface area contributed by atoms with E-state index < -0.39 is 0 Å². The van der Waals surface area contributed by atoms with E-state index in [1.807, 2.05) is 12.1 Å². The first kappa shape index (κ1) is 22.7. The van der Waals surface area contributed by atoms with Crippen molar-refractivity contribution in [2.24, 2.45) is 0 Å². The number of methoxy groups -OCH3 is 1. The Balaban J connectivity index is 1.28. The molecule has 1 saturated heterocycles. The average Bonchev–Trinajstić information content (AvgIpc) is 3.40. The Morgan fingerprint density at radius 1 is 1.00 bits per heavy atom. The average molecular weight is 460 g/mol. The summed E-state index contributed by atoms with van der Waals surface area (Å²) in [7, 11) is 1.67. The second kappa shape index (κ2) is 10.4. The van der Waals surface area contributed by atoms with Gasteiger partial charge in [-0.3, -0.25) is 9.69 Å². The maximum Gasteiger partial charge on any atom is 0.273 e. The number of piperidine rings is 1. The molecule has 2 aliphatic rings. The van der Waals surface area contributed by atoms with Gasteiger partial charge in [-0.15, -0.1) is 0 Å². The SMILES string of the molecule is COc1ccc([C@@H](CNC(=O)c2cc(-c3ccc4c(c3)CCCC4)on2)N2CCCCC2)cc1. The van der Waals surface area contributed by atoms with Gasteiger partial charge in [0.15, 0.2) is 11.5 Å². The van der Waals surface area contributed by atoms with E-state index in [0.29, 0.717) is 18.0 Å². The van der Waals surface area contributed by atoms with Crippen LogP contribution in [0.2, 0.25) is 0 Å². The molecule has 0 unspecified atom stereocenters. The van der Waals surface area contributed by atoms with Crippen molar-refractivity contribution in [2.45, 2.75) is 51.0 Å². The number of amides is 1. The molecule has 1 aliphatic heterocycles. The molecule has 0 saturated carbocycles. The van der Waals surface area contributed by atoms with Crippen LogP contribution in [0.4, 0.5) is 0 Å².